The van der Waals surface area contributed by atoms with Crippen LogP contribution in [0.4, 0.5) is 11.4 Å². The molecule has 19 heavy (non-hydrogen) atoms. The van der Waals surface area contributed by atoms with E-state index in [1.165, 1.54) is 6.07 Å². The zero-order chi connectivity index (χ0) is 13.9. The van der Waals surface area contributed by atoms with Crippen LogP contribution in [-0.4, -0.2) is 13.0 Å². The van der Waals surface area contributed by atoms with Gasteiger partial charge in [0.1, 0.15) is 4.90 Å². The van der Waals surface area contributed by atoms with E-state index in [1.807, 2.05) is 12.1 Å². The van der Waals surface area contributed by atoms with Crippen LogP contribution in [0.25, 0.3) is 0 Å². The number of hydrogen-bond donors (Lipinski definition) is 3. The summed E-state index contributed by atoms with van der Waals surface area (Å²) in [6, 6.07) is 13.4. The molecule has 0 saturated carbocycles. The highest BCUT2D eigenvalue weighted by Gasteiger charge is 2.14. The average Bonchev–Trinajstić information content (AvgIpc) is 2.37. The molecule has 2 aromatic carbocycles. The van der Waals surface area contributed by atoms with Crippen molar-refractivity contribution < 1.29 is 13.0 Å². The van der Waals surface area contributed by atoms with E-state index in [0.29, 0.717) is 17.9 Å². The molecule has 0 saturated heterocycles. The zero-order valence-electron chi connectivity index (χ0n) is 10.1. The Morgan fingerprint density at radius 2 is 1.68 bits per heavy atom. The fourth-order valence-electron chi connectivity index (χ4n) is 1.67. The van der Waals surface area contributed by atoms with Crippen LogP contribution >= 0.6 is 0 Å². The number of nitrogens with one attached hydrogen (secondary N) is 1. The van der Waals surface area contributed by atoms with Crippen LogP contribution in [0, 0.1) is 0 Å². The molecule has 2 aromatic rings. The van der Waals surface area contributed by atoms with Crippen molar-refractivity contribution in [2.45, 2.75) is 11.4 Å². The molecule has 0 atom stereocenters. The lowest BCUT2D eigenvalue weighted by molar-refractivity contribution is 0.483. The summed E-state index contributed by atoms with van der Waals surface area (Å²) < 4.78 is 31.5. The molecule has 0 aliphatic carbocycles. The molecule has 0 heterocycles. The third-order valence-electron chi connectivity index (χ3n) is 2.63. The van der Waals surface area contributed by atoms with Crippen molar-refractivity contribution >= 4 is 21.5 Å². The van der Waals surface area contributed by atoms with E-state index >= 15 is 0 Å². The molecule has 2 rings (SSSR count). The zero-order valence-corrected chi connectivity index (χ0v) is 10.9. The van der Waals surface area contributed by atoms with E-state index in [9.17, 15) is 8.42 Å². The Labute approximate surface area is 111 Å². The molecular formula is C13H14N2O3S. The normalized spacial score (nSPS) is 11.2. The van der Waals surface area contributed by atoms with Gasteiger partial charge in [-0.05, 0) is 29.8 Å². The first-order valence-electron chi connectivity index (χ1n) is 5.61. The number of nitrogens with two attached hydrogens (primary N) is 1. The van der Waals surface area contributed by atoms with E-state index in [4.69, 9.17) is 10.3 Å². The Kier molecular flexibility index (Phi) is 3.73. The van der Waals surface area contributed by atoms with Gasteiger partial charge in [-0.1, -0.05) is 24.3 Å². The first kappa shape index (κ1) is 13.4. The molecule has 100 valence electrons. The molecule has 0 spiro atoms. The molecule has 0 aromatic heterocycles. The minimum Gasteiger partial charge on any atom is -0.399 e. The van der Waals surface area contributed by atoms with Gasteiger partial charge >= 0.3 is 0 Å². The van der Waals surface area contributed by atoms with Crippen LogP contribution < -0.4 is 11.1 Å². The van der Waals surface area contributed by atoms with Crippen molar-refractivity contribution in [3.63, 3.8) is 0 Å². The molecule has 0 amide bonds. The first-order chi connectivity index (χ1) is 8.97. The molecule has 4 N–H and O–H groups in total. The summed E-state index contributed by atoms with van der Waals surface area (Å²) in [4.78, 5) is -0.134. The quantitative estimate of drug-likeness (QED) is 0.588. The molecule has 0 aliphatic heterocycles. The van der Waals surface area contributed by atoms with Crippen molar-refractivity contribution in [1.82, 2.24) is 0 Å². The summed E-state index contributed by atoms with van der Waals surface area (Å²) in [6.45, 7) is 0.437. The van der Waals surface area contributed by atoms with Crippen LogP contribution in [0.15, 0.2) is 53.4 Å². The van der Waals surface area contributed by atoms with Gasteiger partial charge in [0.15, 0.2) is 0 Å². The second-order valence-electron chi connectivity index (χ2n) is 4.07. The lowest BCUT2D eigenvalue weighted by atomic mass is 10.2. The third kappa shape index (κ3) is 3.46. The molecule has 0 fully saturated rings. The molecule has 6 heteroatoms. The van der Waals surface area contributed by atoms with Gasteiger partial charge in [-0.2, -0.15) is 8.42 Å². The van der Waals surface area contributed by atoms with Crippen LogP contribution in [0.2, 0.25) is 0 Å². The number of para-hydroxylation sites is 1. The summed E-state index contributed by atoms with van der Waals surface area (Å²) in [5, 5.41) is 2.98. The van der Waals surface area contributed by atoms with Gasteiger partial charge in [-0.25, -0.2) is 0 Å². The molecule has 0 radical (unpaired) electrons. The van der Waals surface area contributed by atoms with Crippen LogP contribution in [-0.2, 0) is 16.7 Å². The Morgan fingerprint density at radius 3 is 2.32 bits per heavy atom. The highest BCUT2D eigenvalue weighted by atomic mass is 32.2. The summed E-state index contributed by atoms with van der Waals surface area (Å²) in [5.41, 5.74) is 7.57. The topological polar surface area (TPSA) is 92.4 Å². The van der Waals surface area contributed by atoms with Crippen LogP contribution in [0.1, 0.15) is 5.56 Å². The third-order valence-corrected chi connectivity index (χ3v) is 3.54. The lowest BCUT2D eigenvalue weighted by Gasteiger charge is -2.10. The number of anilines is 2. The lowest BCUT2D eigenvalue weighted by Crippen LogP contribution is -2.06. The van der Waals surface area contributed by atoms with Gasteiger partial charge < -0.3 is 11.1 Å². The number of nitrogen functional groups attached to an aromatic ring is 1. The van der Waals surface area contributed by atoms with Gasteiger partial charge in [-0.3, -0.25) is 4.55 Å². The Hall–Kier alpha value is -2.05. The van der Waals surface area contributed by atoms with Gasteiger partial charge in [0.05, 0.1) is 5.69 Å². The Morgan fingerprint density at radius 1 is 1.05 bits per heavy atom. The summed E-state index contributed by atoms with van der Waals surface area (Å²) in [5.74, 6) is 0. The predicted octanol–water partition coefficient (Wildman–Crippen LogP) is 2.13. The standard InChI is InChI=1S/C13H14N2O3S/c14-11-7-5-10(6-8-11)9-15-12-3-1-2-4-13(12)19(16,17)18/h1-8,15H,9,14H2,(H,16,17,18). The highest BCUT2D eigenvalue weighted by molar-refractivity contribution is 7.86. The van der Waals surface area contributed by atoms with E-state index in [1.54, 1.807) is 30.3 Å². The number of hydrogen-bond acceptors (Lipinski definition) is 4. The fourth-order valence-corrected chi connectivity index (χ4v) is 2.34. The molecule has 5 nitrogen and oxygen atoms in total. The number of benzene rings is 2. The summed E-state index contributed by atoms with van der Waals surface area (Å²) in [7, 11) is -4.23. The van der Waals surface area contributed by atoms with Gasteiger partial charge in [0, 0.05) is 12.2 Å². The molecule has 0 bridgehead atoms. The SMILES string of the molecule is Nc1ccc(CNc2ccccc2S(=O)(=O)O)cc1. The first-order valence-corrected chi connectivity index (χ1v) is 7.05. The van der Waals surface area contributed by atoms with Crippen molar-refractivity contribution in [1.29, 1.82) is 0 Å². The smallest absolute Gasteiger partial charge is 0.296 e. The maximum Gasteiger partial charge on any atom is 0.296 e. The van der Waals surface area contributed by atoms with Gasteiger partial charge in [-0.15, -0.1) is 0 Å². The number of rotatable bonds is 4. The summed E-state index contributed by atoms with van der Waals surface area (Å²) in [6.07, 6.45) is 0. The van der Waals surface area contributed by atoms with E-state index in [2.05, 4.69) is 5.32 Å². The molecule has 0 aliphatic rings. The average molecular weight is 278 g/mol. The van der Waals surface area contributed by atoms with Crippen molar-refractivity contribution in [3.8, 4) is 0 Å². The van der Waals surface area contributed by atoms with Crippen LogP contribution in [0.3, 0.4) is 0 Å². The Bertz CT molecular complexity index is 667. The van der Waals surface area contributed by atoms with Crippen molar-refractivity contribution in [2.75, 3.05) is 11.1 Å². The Balaban J connectivity index is 2.18. The van der Waals surface area contributed by atoms with Gasteiger partial charge in [0.25, 0.3) is 10.1 Å². The van der Waals surface area contributed by atoms with E-state index < -0.39 is 10.1 Å². The maximum atomic E-state index is 11.2. The second-order valence-corrected chi connectivity index (χ2v) is 5.46. The summed E-state index contributed by atoms with van der Waals surface area (Å²) >= 11 is 0. The monoisotopic (exact) mass is 278 g/mol. The van der Waals surface area contributed by atoms with Gasteiger partial charge in [0.2, 0.25) is 0 Å². The minimum atomic E-state index is -4.23. The second kappa shape index (κ2) is 5.29. The predicted molar refractivity (Wildman–Crippen MR) is 74.4 cm³/mol. The maximum absolute atomic E-state index is 11.2. The van der Waals surface area contributed by atoms with Crippen LogP contribution in [0.5, 0.6) is 0 Å². The minimum absolute atomic E-state index is 0.134. The van der Waals surface area contributed by atoms with Crippen molar-refractivity contribution in [2.24, 2.45) is 0 Å². The van der Waals surface area contributed by atoms with Crippen molar-refractivity contribution in [3.05, 3.63) is 54.1 Å². The fraction of sp³-hybridized carbons (Fsp3) is 0.0769. The van der Waals surface area contributed by atoms with E-state index in [0.717, 1.165) is 5.56 Å². The largest absolute Gasteiger partial charge is 0.399 e. The molecule has 0 unspecified atom stereocenters. The molecular weight excluding hydrogens is 264 g/mol. The van der Waals surface area contributed by atoms with E-state index in [-0.39, 0.29) is 4.90 Å². The highest BCUT2D eigenvalue weighted by Crippen LogP contribution is 2.21.